The largest absolute Gasteiger partial charge is 0.417 e. The number of alkyl halides is 3. The average Bonchev–Trinajstić information content (AvgIpc) is 3.43. The Bertz CT molecular complexity index is 1450. The van der Waals surface area contributed by atoms with Gasteiger partial charge in [0.15, 0.2) is 0 Å². The molecule has 3 heterocycles. The maximum atomic E-state index is 13.9. The molecule has 2 aliphatic rings. The molecule has 1 aromatic carbocycles. The zero-order valence-corrected chi connectivity index (χ0v) is 23.3. The van der Waals surface area contributed by atoms with Crippen LogP contribution in [0.15, 0.2) is 41.5 Å². The highest BCUT2D eigenvalue weighted by molar-refractivity contribution is 6.31. The Labute approximate surface area is 235 Å². The third kappa shape index (κ3) is 5.48. The number of nitrogens with one attached hydrogen (secondary N) is 1. The molecule has 1 aliphatic heterocycles. The fraction of sp³-hybridized carbons (Fsp3) is 0.500. The van der Waals surface area contributed by atoms with Gasteiger partial charge in [-0.2, -0.15) is 18.3 Å². The van der Waals surface area contributed by atoms with Gasteiger partial charge in [-0.15, -0.1) is 0 Å². The predicted molar refractivity (Wildman–Crippen MR) is 146 cm³/mol. The van der Waals surface area contributed by atoms with E-state index in [0.717, 1.165) is 37.8 Å². The Hall–Kier alpha value is -3.34. The van der Waals surface area contributed by atoms with Crippen molar-refractivity contribution in [2.45, 2.75) is 89.8 Å². The quantitative estimate of drug-likeness (QED) is 0.410. The monoisotopic (exact) mass is 576 g/mol. The molecule has 1 fully saturated rings. The number of carbonyl (C=O) groups excluding carboxylic acids is 1. The fourth-order valence-corrected chi connectivity index (χ4v) is 5.99. The molecule has 1 saturated carbocycles. The third-order valence-corrected chi connectivity index (χ3v) is 8.10. The first-order chi connectivity index (χ1) is 18.9. The van der Waals surface area contributed by atoms with E-state index in [-0.39, 0.29) is 36.2 Å². The Morgan fingerprint density at radius 2 is 1.85 bits per heavy atom. The number of fused-ring (bicyclic) bond motifs is 1. The molecule has 12 heteroatoms. The highest BCUT2D eigenvalue weighted by atomic mass is 35.5. The van der Waals surface area contributed by atoms with Crippen LogP contribution in [0, 0.1) is 0 Å². The summed E-state index contributed by atoms with van der Waals surface area (Å²) in [5.74, 6) is -0.115. The van der Waals surface area contributed by atoms with Crippen LogP contribution in [0.3, 0.4) is 0 Å². The van der Waals surface area contributed by atoms with E-state index in [4.69, 9.17) is 16.6 Å². The highest BCUT2D eigenvalue weighted by Crippen LogP contribution is 2.37. The van der Waals surface area contributed by atoms with Crippen molar-refractivity contribution < 1.29 is 18.0 Å². The lowest BCUT2D eigenvalue weighted by molar-refractivity contribution is -0.137. The molecule has 0 saturated heterocycles. The van der Waals surface area contributed by atoms with Crippen LogP contribution in [0.5, 0.6) is 0 Å². The van der Waals surface area contributed by atoms with Crippen molar-refractivity contribution in [2.24, 2.45) is 0 Å². The lowest BCUT2D eigenvalue weighted by atomic mass is 9.90. The van der Waals surface area contributed by atoms with Gasteiger partial charge in [-0.1, -0.05) is 11.6 Å². The summed E-state index contributed by atoms with van der Waals surface area (Å²) in [6, 6.07) is 4.93. The van der Waals surface area contributed by atoms with Crippen LogP contribution in [0.4, 0.5) is 19.1 Å². The minimum atomic E-state index is -4.69. The molecule has 0 spiro atoms. The van der Waals surface area contributed by atoms with E-state index in [9.17, 15) is 22.8 Å². The first-order valence-electron chi connectivity index (χ1n) is 13.5. The molecule has 1 aliphatic carbocycles. The molecule has 0 bridgehead atoms. The third-order valence-electron chi connectivity index (χ3n) is 7.77. The number of nitrogens with zero attached hydrogens (tertiary/aromatic N) is 5. The topological polar surface area (TPSA) is 85.1 Å². The maximum Gasteiger partial charge on any atom is 0.417 e. The second kappa shape index (κ2) is 10.9. The predicted octanol–water partition coefficient (Wildman–Crippen LogP) is 5.88. The van der Waals surface area contributed by atoms with Crippen LogP contribution in [0.25, 0.3) is 0 Å². The van der Waals surface area contributed by atoms with Crippen LogP contribution < -0.4 is 10.9 Å². The Balaban J connectivity index is 1.45. The van der Waals surface area contributed by atoms with Crippen molar-refractivity contribution in [1.29, 1.82) is 0 Å². The SMILES string of the molecule is CC(C)Nc1nc2c(c(=O)n1[C@H]1CC[C@H](n3cccn3)CC1)C[C@@H](C)N(C(=O)c1ccc(Cl)c(C(F)(F)F)c1)C2. The number of amides is 1. The molecule has 0 unspecified atom stereocenters. The van der Waals surface area contributed by atoms with E-state index in [2.05, 4.69) is 10.4 Å². The zero-order valence-electron chi connectivity index (χ0n) is 22.6. The first-order valence-corrected chi connectivity index (χ1v) is 13.9. The van der Waals surface area contributed by atoms with Gasteiger partial charge in [-0.3, -0.25) is 18.8 Å². The minimum Gasteiger partial charge on any atom is -0.353 e. The molecule has 1 N–H and O–H groups in total. The Morgan fingerprint density at radius 1 is 1.15 bits per heavy atom. The molecule has 2 aromatic heterocycles. The fourth-order valence-electron chi connectivity index (χ4n) is 5.76. The summed E-state index contributed by atoms with van der Waals surface area (Å²) in [6.45, 7) is 5.73. The van der Waals surface area contributed by atoms with E-state index in [1.807, 2.05) is 30.8 Å². The molecule has 3 aromatic rings. The maximum absolute atomic E-state index is 13.9. The second-order valence-electron chi connectivity index (χ2n) is 11.0. The summed E-state index contributed by atoms with van der Waals surface area (Å²) < 4.78 is 44.0. The van der Waals surface area contributed by atoms with Gasteiger partial charge in [0.05, 0.1) is 28.9 Å². The molecule has 214 valence electrons. The van der Waals surface area contributed by atoms with Gasteiger partial charge in [0.2, 0.25) is 5.95 Å². The van der Waals surface area contributed by atoms with Crippen LogP contribution in [0.2, 0.25) is 5.02 Å². The number of hydrogen-bond donors (Lipinski definition) is 1. The molecular formula is C28H32ClF3N6O2. The van der Waals surface area contributed by atoms with Crippen molar-refractivity contribution >= 4 is 23.5 Å². The van der Waals surface area contributed by atoms with E-state index < -0.39 is 28.7 Å². The molecule has 0 radical (unpaired) electrons. The first kappa shape index (κ1) is 28.2. The lowest BCUT2D eigenvalue weighted by Gasteiger charge is -2.36. The average molecular weight is 577 g/mol. The molecule has 40 heavy (non-hydrogen) atoms. The minimum absolute atomic E-state index is 0.00622. The number of halogens is 4. The number of anilines is 1. The molecule has 8 nitrogen and oxygen atoms in total. The van der Waals surface area contributed by atoms with Gasteiger partial charge < -0.3 is 10.2 Å². The van der Waals surface area contributed by atoms with Gasteiger partial charge >= 0.3 is 6.18 Å². The van der Waals surface area contributed by atoms with Crippen LogP contribution in [-0.2, 0) is 19.1 Å². The number of hydrogen-bond acceptors (Lipinski definition) is 5. The highest BCUT2D eigenvalue weighted by Gasteiger charge is 2.37. The smallest absolute Gasteiger partial charge is 0.353 e. The van der Waals surface area contributed by atoms with Gasteiger partial charge in [0.1, 0.15) is 0 Å². The van der Waals surface area contributed by atoms with Gasteiger partial charge in [0.25, 0.3) is 11.5 Å². The van der Waals surface area contributed by atoms with Crippen LogP contribution in [-0.4, -0.2) is 42.2 Å². The summed E-state index contributed by atoms with van der Waals surface area (Å²) in [7, 11) is 0. The van der Waals surface area contributed by atoms with Crippen molar-refractivity contribution in [3.05, 3.63) is 74.4 Å². The number of rotatable bonds is 5. The van der Waals surface area contributed by atoms with E-state index in [1.165, 1.54) is 11.0 Å². The van der Waals surface area contributed by atoms with E-state index in [1.54, 1.807) is 17.7 Å². The summed E-state index contributed by atoms with van der Waals surface area (Å²) in [6.07, 6.45) is 2.68. The van der Waals surface area contributed by atoms with Gasteiger partial charge in [-0.05, 0) is 77.1 Å². The molecule has 1 amide bonds. The van der Waals surface area contributed by atoms with Gasteiger partial charge in [-0.25, -0.2) is 4.98 Å². The van der Waals surface area contributed by atoms with E-state index in [0.29, 0.717) is 23.2 Å². The van der Waals surface area contributed by atoms with Crippen molar-refractivity contribution in [2.75, 3.05) is 5.32 Å². The molecular weight excluding hydrogens is 545 g/mol. The number of carbonyl (C=O) groups is 1. The number of benzene rings is 1. The summed E-state index contributed by atoms with van der Waals surface area (Å²) in [5.41, 5.74) is -0.287. The second-order valence-corrected chi connectivity index (χ2v) is 11.4. The molecule has 1 atom stereocenters. The van der Waals surface area contributed by atoms with Gasteiger partial charge in [0, 0.05) is 41.6 Å². The Morgan fingerprint density at radius 3 is 2.48 bits per heavy atom. The summed E-state index contributed by atoms with van der Waals surface area (Å²) in [4.78, 5) is 33.6. The van der Waals surface area contributed by atoms with E-state index >= 15 is 0 Å². The van der Waals surface area contributed by atoms with Crippen LogP contribution in [0.1, 0.15) is 85.7 Å². The van der Waals surface area contributed by atoms with Crippen LogP contribution >= 0.6 is 11.6 Å². The standard InChI is InChI=1S/C28H32ClF3N6O2/c1-16(2)34-27-35-24-15-36(25(39)18-5-10-23(29)22(14-18)28(30,31)32)17(3)13-21(24)26(40)38(27)20-8-6-19(7-9-20)37-12-4-11-33-37/h4-5,10-12,14,16-17,19-20H,6-9,13,15H2,1-3H3,(H,34,35)/t17-,19-,20-/m1/s1. The number of aromatic nitrogens is 4. The van der Waals surface area contributed by atoms with Crippen molar-refractivity contribution in [1.82, 2.24) is 24.2 Å². The van der Waals surface area contributed by atoms with Crippen molar-refractivity contribution in [3.8, 4) is 0 Å². The Kier molecular flexibility index (Phi) is 7.69. The zero-order chi connectivity index (χ0) is 28.8. The van der Waals surface area contributed by atoms with Crippen molar-refractivity contribution in [3.63, 3.8) is 0 Å². The molecule has 5 rings (SSSR count). The normalized spacial score (nSPS) is 21.4. The summed E-state index contributed by atoms with van der Waals surface area (Å²) >= 11 is 5.75. The summed E-state index contributed by atoms with van der Waals surface area (Å²) in [5, 5.41) is 7.21. The lowest BCUT2D eigenvalue weighted by Crippen LogP contribution is -2.46.